The molecule has 0 fully saturated rings. The van der Waals surface area contributed by atoms with Gasteiger partial charge in [-0.3, -0.25) is 0 Å². The van der Waals surface area contributed by atoms with Crippen molar-refractivity contribution < 1.29 is 49.4 Å². The zero-order valence-electron chi connectivity index (χ0n) is 18.1. The summed E-state index contributed by atoms with van der Waals surface area (Å²) < 4.78 is 124. The SMILES string of the molecule is O[C@H](CN(Cc1cccc(C(F)(F)C(F)(F)F)c1)c1cccc(Oc2ccc(F)cc2)c1)C(F)(F)F. The van der Waals surface area contributed by atoms with E-state index in [1.165, 1.54) is 42.5 Å². The fourth-order valence-electron chi connectivity index (χ4n) is 3.20. The third-order valence-corrected chi connectivity index (χ3v) is 5.02. The lowest BCUT2D eigenvalue weighted by Crippen LogP contribution is -2.41. The van der Waals surface area contributed by atoms with Crippen molar-refractivity contribution in [1.29, 1.82) is 0 Å². The third kappa shape index (κ3) is 6.62. The normalized spacial score (nSPS) is 13.4. The highest BCUT2D eigenvalue weighted by Crippen LogP contribution is 2.44. The number of aliphatic hydroxyl groups is 1. The molecule has 0 radical (unpaired) electrons. The molecule has 0 heterocycles. The molecule has 194 valence electrons. The van der Waals surface area contributed by atoms with Crippen molar-refractivity contribution in [3.63, 3.8) is 0 Å². The molecule has 0 saturated carbocycles. The van der Waals surface area contributed by atoms with E-state index in [1.54, 1.807) is 0 Å². The van der Waals surface area contributed by atoms with Gasteiger partial charge in [-0.1, -0.05) is 24.3 Å². The predicted octanol–water partition coefficient (Wildman–Crippen LogP) is 7.20. The minimum Gasteiger partial charge on any atom is -0.457 e. The molecular weight excluding hydrogens is 505 g/mol. The minimum absolute atomic E-state index is 0.0471. The van der Waals surface area contributed by atoms with E-state index in [4.69, 9.17) is 4.74 Å². The van der Waals surface area contributed by atoms with E-state index in [0.29, 0.717) is 12.1 Å². The van der Waals surface area contributed by atoms with Gasteiger partial charge in [0.05, 0.1) is 6.54 Å². The maximum absolute atomic E-state index is 13.8. The molecule has 12 heteroatoms. The molecule has 0 aromatic heterocycles. The number of hydrogen-bond donors (Lipinski definition) is 1. The number of nitrogens with zero attached hydrogens (tertiary/aromatic N) is 1. The van der Waals surface area contributed by atoms with Crippen LogP contribution in [0, 0.1) is 5.82 Å². The number of hydrogen-bond acceptors (Lipinski definition) is 3. The molecule has 1 N–H and O–H groups in total. The molecule has 0 amide bonds. The largest absolute Gasteiger partial charge is 0.458 e. The van der Waals surface area contributed by atoms with Crippen LogP contribution in [0.1, 0.15) is 11.1 Å². The van der Waals surface area contributed by atoms with Gasteiger partial charge < -0.3 is 14.7 Å². The second-order valence-corrected chi connectivity index (χ2v) is 7.76. The molecule has 3 nitrogen and oxygen atoms in total. The number of benzene rings is 3. The molecule has 0 bridgehead atoms. The van der Waals surface area contributed by atoms with Gasteiger partial charge in [0.1, 0.15) is 17.3 Å². The maximum Gasteiger partial charge on any atom is 0.458 e. The molecule has 0 spiro atoms. The molecule has 3 aromatic rings. The lowest BCUT2D eigenvalue weighted by atomic mass is 10.0. The van der Waals surface area contributed by atoms with Gasteiger partial charge in [0.15, 0.2) is 6.10 Å². The Bertz CT molecular complexity index is 1160. The van der Waals surface area contributed by atoms with Crippen molar-refractivity contribution in [2.75, 3.05) is 11.4 Å². The first-order valence-electron chi connectivity index (χ1n) is 10.2. The third-order valence-electron chi connectivity index (χ3n) is 5.02. The van der Waals surface area contributed by atoms with E-state index >= 15 is 0 Å². The molecule has 0 aliphatic rings. The van der Waals surface area contributed by atoms with Gasteiger partial charge in [0, 0.05) is 23.9 Å². The fraction of sp³-hybridized carbons (Fsp3) is 0.250. The average Bonchev–Trinajstić information content (AvgIpc) is 2.79. The highest BCUT2D eigenvalue weighted by atomic mass is 19.4. The van der Waals surface area contributed by atoms with Crippen molar-refractivity contribution in [2.24, 2.45) is 0 Å². The van der Waals surface area contributed by atoms with Crippen LogP contribution in [0.2, 0.25) is 0 Å². The standard InChI is InChI=1S/C24H18F9NO2/c25-17-7-9-19(10-8-17)36-20-6-2-5-18(12-20)34(14-21(35)23(28,29)30)13-15-3-1-4-16(11-15)22(26,27)24(31,32)33/h1-12,21,35H,13-14H2/t21-/m1/s1. The number of rotatable bonds is 8. The Morgan fingerprint density at radius 1 is 0.778 bits per heavy atom. The van der Waals surface area contributed by atoms with Gasteiger partial charge in [-0.2, -0.15) is 35.1 Å². The first kappa shape index (κ1) is 27.2. The zero-order chi connectivity index (χ0) is 26.7. The lowest BCUT2D eigenvalue weighted by Gasteiger charge is -2.29. The summed E-state index contributed by atoms with van der Waals surface area (Å²) in [5.41, 5.74) is -1.49. The summed E-state index contributed by atoms with van der Waals surface area (Å²) in [6, 6.07) is 13.5. The van der Waals surface area contributed by atoms with Crippen LogP contribution in [0.25, 0.3) is 0 Å². The lowest BCUT2D eigenvalue weighted by molar-refractivity contribution is -0.289. The van der Waals surface area contributed by atoms with E-state index in [-0.39, 0.29) is 22.7 Å². The maximum atomic E-state index is 13.8. The van der Waals surface area contributed by atoms with Crippen molar-refractivity contribution in [3.8, 4) is 11.5 Å². The Morgan fingerprint density at radius 3 is 2.03 bits per heavy atom. The summed E-state index contributed by atoms with van der Waals surface area (Å²) in [5.74, 6) is -5.38. The van der Waals surface area contributed by atoms with E-state index < -0.39 is 48.8 Å². The van der Waals surface area contributed by atoms with Crippen molar-refractivity contribution in [2.45, 2.75) is 30.9 Å². The van der Waals surface area contributed by atoms with Gasteiger partial charge in [-0.15, -0.1) is 0 Å². The molecule has 0 unspecified atom stereocenters. The van der Waals surface area contributed by atoms with E-state index in [2.05, 4.69) is 0 Å². The Morgan fingerprint density at radius 2 is 1.42 bits per heavy atom. The Balaban J connectivity index is 1.93. The van der Waals surface area contributed by atoms with Gasteiger partial charge >= 0.3 is 18.3 Å². The molecule has 3 aromatic carbocycles. The first-order chi connectivity index (χ1) is 16.7. The van der Waals surface area contributed by atoms with Crippen LogP contribution in [0.4, 0.5) is 45.2 Å². The highest BCUT2D eigenvalue weighted by molar-refractivity contribution is 5.52. The van der Waals surface area contributed by atoms with Gasteiger partial charge in [-0.05, 0) is 48.0 Å². The fourth-order valence-corrected chi connectivity index (χ4v) is 3.20. The van der Waals surface area contributed by atoms with Crippen molar-refractivity contribution >= 4 is 5.69 Å². The average molecular weight is 523 g/mol. The summed E-state index contributed by atoms with van der Waals surface area (Å²) in [4.78, 5) is 0.959. The summed E-state index contributed by atoms with van der Waals surface area (Å²) >= 11 is 0. The predicted molar refractivity (Wildman–Crippen MR) is 112 cm³/mol. The van der Waals surface area contributed by atoms with E-state index in [0.717, 1.165) is 23.1 Å². The molecule has 3 rings (SSSR count). The van der Waals surface area contributed by atoms with Gasteiger partial charge in [-0.25, -0.2) is 4.39 Å². The molecule has 0 aliphatic carbocycles. The summed E-state index contributed by atoms with van der Waals surface area (Å²) in [6.45, 7) is -1.60. The van der Waals surface area contributed by atoms with E-state index in [9.17, 15) is 44.6 Å². The molecule has 0 saturated heterocycles. The quantitative estimate of drug-likeness (QED) is 0.317. The van der Waals surface area contributed by atoms with Crippen LogP contribution in [0.5, 0.6) is 11.5 Å². The van der Waals surface area contributed by atoms with Crippen LogP contribution < -0.4 is 9.64 Å². The number of alkyl halides is 8. The second kappa shape index (κ2) is 10.3. The summed E-state index contributed by atoms with van der Waals surface area (Å²) in [6.07, 6.45) is -13.7. The number of aliphatic hydroxyl groups excluding tert-OH is 1. The molecule has 1 atom stereocenters. The van der Waals surface area contributed by atoms with E-state index in [1.807, 2.05) is 0 Å². The number of anilines is 1. The van der Waals surface area contributed by atoms with Crippen LogP contribution >= 0.6 is 0 Å². The topological polar surface area (TPSA) is 32.7 Å². The highest BCUT2D eigenvalue weighted by Gasteiger charge is 2.58. The van der Waals surface area contributed by atoms with Crippen LogP contribution in [-0.4, -0.2) is 30.1 Å². The number of halogens is 9. The zero-order valence-corrected chi connectivity index (χ0v) is 18.1. The Kier molecular flexibility index (Phi) is 7.77. The molecule has 36 heavy (non-hydrogen) atoms. The smallest absolute Gasteiger partial charge is 0.457 e. The summed E-state index contributed by atoms with van der Waals surface area (Å²) in [7, 11) is 0. The monoisotopic (exact) mass is 523 g/mol. The molecular formula is C24H18F9NO2. The van der Waals surface area contributed by atoms with Crippen LogP contribution in [-0.2, 0) is 12.5 Å². The Labute approximate surface area is 199 Å². The van der Waals surface area contributed by atoms with Crippen LogP contribution in [0.15, 0.2) is 72.8 Å². The van der Waals surface area contributed by atoms with Crippen LogP contribution in [0.3, 0.4) is 0 Å². The minimum atomic E-state index is -5.87. The first-order valence-corrected chi connectivity index (χ1v) is 10.2. The number of ether oxygens (including phenoxy) is 1. The van der Waals surface area contributed by atoms with Crippen molar-refractivity contribution in [1.82, 2.24) is 0 Å². The van der Waals surface area contributed by atoms with Gasteiger partial charge in [0.25, 0.3) is 0 Å². The van der Waals surface area contributed by atoms with Crippen molar-refractivity contribution in [3.05, 3.63) is 89.7 Å². The van der Waals surface area contributed by atoms with Gasteiger partial charge in [0.2, 0.25) is 0 Å². The second-order valence-electron chi connectivity index (χ2n) is 7.76. The Hall–Kier alpha value is -3.41. The molecule has 0 aliphatic heterocycles. The summed E-state index contributed by atoms with van der Waals surface area (Å²) in [5, 5.41) is 9.61.